The molecule has 1 unspecified atom stereocenters. The van der Waals surface area contributed by atoms with Crippen molar-refractivity contribution in [2.75, 3.05) is 19.0 Å². The standard InChI is InChI=1S/C22H30N2O8/c1-21(2)29-15-16(30-21)18-20(32-22(3,4)31-18)28-17(15)19(26)23-11-10-14(25)24-12-6-8-13(27-5)9-7-12/h6-9,15-18,20H,10-11H2,1-5H3,(H,23,26)(H,24,25)/t15-,16+,17?,18-,20-/m1/s1. The molecule has 0 aromatic heterocycles. The van der Waals surface area contributed by atoms with Gasteiger partial charge in [0.25, 0.3) is 5.91 Å². The topological polar surface area (TPSA) is 114 Å². The van der Waals surface area contributed by atoms with Gasteiger partial charge >= 0.3 is 0 Å². The highest BCUT2D eigenvalue weighted by Crippen LogP contribution is 2.44. The van der Waals surface area contributed by atoms with Crippen LogP contribution in [0.25, 0.3) is 0 Å². The lowest BCUT2D eigenvalue weighted by atomic mass is 9.98. The van der Waals surface area contributed by atoms with Crippen LogP contribution in [0.2, 0.25) is 0 Å². The number of carbonyl (C=O) groups excluding carboxylic acids is 2. The third kappa shape index (κ3) is 4.89. The van der Waals surface area contributed by atoms with Gasteiger partial charge in [-0.2, -0.15) is 0 Å². The molecule has 3 fully saturated rings. The number of hydrogen-bond acceptors (Lipinski definition) is 8. The van der Waals surface area contributed by atoms with Crippen LogP contribution in [0.5, 0.6) is 5.75 Å². The molecular formula is C22H30N2O8. The molecule has 32 heavy (non-hydrogen) atoms. The third-order valence-corrected chi connectivity index (χ3v) is 5.44. The molecule has 10 nitrogen and oxygen atoms in total. The van der Waals surface area contributed by atoms with Gasteiger partial charge in [-0.05, 0) is 52.0 Å². The fraction of sp³-hybridized carbons (Fsp3) is 0.636. The number of rotatable bonds is 6. The first kappa shape index (κ1) is 22.9. The second-order valence-electron chi connectivity index (χ2n) is 8.91. The normalized spacial score (nSPS) is 32.0. The van der Waals surface area contributed by atoms with E-state index in [0.717, 1.165) is 0 Å². The van der Waals surface area contributed by atoms with Crippen molar-refractivity contribution in [2.24, 2.45) is 0 Å². The van der Waals surface area contributed by atoms with Crippen molar-refractivity contribution in [1.29, 1.82) is 0 Å². The quantitative estimate of drug-likeness (QED) is 0.671. The Kier molecular flexibility index (Phi) is 6.17. The van der Waals surface area contributed by atoms with Gasteiger partial charge in [0.2, 0.25) is 5.91 Å². The molecule has 3 heterocycles. The van der Waals surface area contributed by atoms with Gasteiger partial charge in [0, 0.05) is 18.7 Å². The Morgan fingerprint density at radius 3 is 2.25 bits per heavy atom. The molecule has 2 N–H and O–H groups in total. The molecule has 3 saturated heterocycles. The maximum absolute atomic E-state index is 12.9. The van der Waals surface area contributed by atoms with Crippen LogP contribution in [0.3, 0.4) is 0 Å². The summed E-state index contributed by atoms with van der Waals surface area (Å²) in [5.41, 5.74) is 0.645. The molecular weight excluding hydrogens is 420 g/mol. The molecule has 0 aliphatic carbocycles. The Morgan fingerprint density at radius 1 is 0.938 bits per heavy atom. The summed E-state index contributed by atoms with van der Waals surface area (Å²) < 4.78 is 34.7. The maximum atomic E-state index is 12.9. The van der Waals surface area contributed by atoms with Crippen LogP contribution in [-0.4, -0.2) is 67.7 Å². The number of anilines is 1. The fourth-order valence-corrected chi connectivity index (χ4v) is 4.12. The molecule has 3 aliphatic heterocycles. The fourth-order valence-electron chi connectivity index (χ4n) is 4.12. The van der Waals surface area contributed by atoms with E-state index >= 15 is 0 Å². The summed E-state index contributed by atoms with van der Waals surface area (Å²) in [5.74, 6) is -1.68. The smallest absolute Gasteiger partial charge is 0.252 e. The molecule has 1 aromatic rings. The van der Waals surface area contributed by atoms with E-state index in [1.807, 2.05) is 0 Å². The first-order valence-electron chi connectivity index (χ1n) is 10.7. The van der Waals surface area contributed by atoms with Gasteiger partial charge in [-0.15, -0.1) is 0 Å². The van der Waals surface area contributed by atoms with Gasteiger partial charge in [0.15, 0.2) is 24.0 Å². The first-order chi connectivity index (χ1) is 15.1. The molecule has 0 saturated carbocycles. The Labute approximate surface area is 186 Å². The molecule has 0 spiro atoms. The van der Waals surface area contributed by atoms with Crippen LogP contribution < -0.4 is 15.4 Å². The number of ether oxygens (including phenoxy) is 6. The summed E-state index contributed by atoms with van der Waals surface area (Å²) in [6, 6.07) is 6.99. The SMILES string of the molecule is COc1ccc(NC(=O)CCNC(=O)C2O[C@@H]3OC(C)(C)O[C@@H]3[C@H]3OC(C)(C)O[C@@H]23)cc1. The Hall–Kier alpha value is -2.24. The van der Waals surface area contributed by atoms with Crippen LogP contribution in [0.4, 0.5) is 5.69 Å². The van der Waals surface area contributed by atoms with E-state index in [-0.39, 0.29) is 18.9 Å². The van der Waals surface area contributed by atoms with Gasteiger partial charge in [-0.25, -0.2) is 0 Å². The van der Waals surface area contributed by atoms with E-state index < -0.39 is 48.2 Å². The summed E-state index contributed by atoms with van der Waals surface area (Å²) in [6.45, 7) is 7.25. The lowest BCUT2D eigenvalue weighted by Crippen LogP contribution is -2.59. The van der Waals surface area contributed by atoms with Crippen LogP contribution in [0.15, 0.2) is 24.3 Å². The molecule has 10 heteroatoms. The number of methoxy groups -OCH3 is 1. The summed E-state index contributed by atoms with van der Waals surface area (Å²) in [6.07, 6.45) is -3.28. The van der Waals surface area contributed by atoms with Crippen LogP contribution >= 0.6 is 0 Å². The highest BCUT2D eigenvalue weighted by atomic mass is 16.9. The molecule has 0 bridgehead atoms. The maximum Gasteiger partial charge on any atom is 0.252 e. The number of hydrogen-bond donors (Lipinski definition) is 2. The number of amides is 2. The zero-order valence-corrected chi connectivity index (χ0v) is 18.9. The van der Waals surface area contributed by atoms with Crippen LogP contribution in [0, 0.1) is 0 Å². The van der Waals surface area contributed by atoms with Crippen molar-refractivity contribution < 1.29 is 38.0 Å². The molecule has 5 atom stereocenters. The van der Waals surface area contributed by atoms with Crippen LogP contribution in [0.1, 0.15) is 34.1 Å². The zero-order chi connectivity index (χ0) is 23.1. The van der Waals surface area contributed by atoms with E-state index in [4.69, 9.17) is 28.4 Å². The molecule has 1 aromatic carbocycles. The first-order valence-corrected chi connectivity index (χ1v) is 10.7. The molecule has 0 radical (unpaired) electrons. The Bertz CT molecular complexity index is 856. The molecule has 2 amide bonds. The summed E-state index contributed by atoms with van der Waals surface area (Å²) in [7, 11) is 1.57. The highest BCUT2D eigenvalue weighted by Gasteiger charge is 2.62. The summed E-state index contributed by atoms with van der Waals surface area (Å²) >= 11 is 0. The highest BCUT2D eigenvalue weighted by molar-refractivity contribution is 5.91. The van der Waals surface area contributed by atoms with Crippen molar-refractivity contribution in [3.05, 3.63) is 24.3 Å². The molecule has 3 aliphatic rings. The van der Waals surface area contributed by atoms with Gasteiger partial charge in [-0.1, -0.05) is 0 Å². The van der Waals surface area contributed by atoms with E-state index in [1.165, 1.54) is 0 Å². The minimum Gasteiger partial charge on any atom is -0.497 e. The Morgan fingerprint density at radius 2 is 1.56 bits per heavy atom. The van der Waals surface area contributed by atoms with Crippen molar-refractivity contribution in [3.63, 3.8) is 0 Å². The van der Waals surface area contributed by atoms with E-state index in [2.05, 4.69) is 10.6 Å². The molecule has 176 valence electrons. The Balaban J connectivity index is 1.32. The largest absolute Gasteiger partial charge is 0.497 e. The van der Waals surface area contributed by atoms with Crippen molar-refractivity contribution in [1.82, 2.24) is 5.32 Å². The predicted molar refractivity (Wildman–Crippen MR) is 112 cm³/mol. The number of nitrogens with one attached hydrogen (secondary N) is 2. The number of fused-ring (bicyclic) bond motifs is 3. The second kappa shape index (κ2) is 8.60. The average Bonchev–Trinajstić information content (AvgIpc) is 3.21. The van der Waals surface area contributed by atoms with Crippen molar-refractivity contribution in [3.8, 4) is 5.75 Å². The summed E-state index contributed by atoms with van der Waals surface area (Å²) in [5, 5.41) is 5.53. The zero-order valence-electron chi connectivity index (χ0n) is 18.9. The minimum atomic E-state index is -0.954. The van der Waals surface area contributed by atoms with Crippen LogP contribution in [-0.2, 0) is 33.3 Å². The van der Waals surface area contributed by atoms with E-state index in [0.29, 0.717) is 11.4 Å². The van der Waals surface area contributed by atoms with Crippen molar-refractivity contribution in [2.45, 2.75) is 76.4 Å². The number of carbonyl (C=O) groups is 2. The minimum absolute atomic E-state index is 0.0974. The monoisotopic (exact) mass is 450 g/mol. The number of benzene rings is 1. The second-order valence-corrected chi connectivity index (χ2v) is 8.91. The lowest BCUT2D eigenvalue weighted by molar-refractivity contribution is -0.231. The lowest BCUT2D eigenvalue weighted by Gasteiger charge is -2.36. The van der Waals surface area contributed by atoms with Gasteiger partial charge in [0.05, 0.1) is 7.11 Å². The summed E-state index contributed by atoms with van der Waals surface area (Å²) in [4.78, 5) is 25.1. The van der Waals surface area contributed by atoms with Gasteiger partial charge in [0.1, 0.15) is 24.1 Å². The van der Waals surface area contributed by atoms with Crippen molar-refractivity contribution >= 4 is 17.5 Å². The van der Waals surface area contributed by atoms with E-state index in [9.17, 15) is 9.59 Å². The van der Waals surface area contributed by atoms with Gasteiger partial charge in [-0.3, -0.25) is 9.59 Å². The van der Waals surface area contributed by atoms with E-state index in [1.54, 1.807) is 59.1 Å². The third-order valence-electron chi connectivity index (χ3n) is 5.44. The predicted octanol–water partition coefficient (Wildman–Crippen LogP) is 1.54. The average molecular weight is 450 g/mol. The van der Waals surface area contributed by atoms with Gasteiger partial charge < -0.3 is 39.1 Å². The molecule has 4 rings (SSSR count).